The summed E-state index contributed by atoms with van der Waals surface area (Å²) in [5.74, 6) is -0.490. The lowest BCUT2D eigenvalue weighted by molar-refractivity contribution is -0.162. The zero-order chi connectivity index (χ0) is 30.0. The average molecular weight is 591 g/mol. The van der Waals surface area contributed by atoms with E-state index in [0.717, 1.165) is 49.7 Å². The monoisotopic (exact) mass is 590 g/mol. The molecule has 1 aromatic carbocycles. The number of unbranched alkanes of at least 4 members (excludes halogenated alkanes) is 6. The summed E-state index contributed by atoms with van der Waals surface area (Å²) in [6.45, 7) is 12.6. The third kappa shape index (κ3) is 9.28. The molecule has 3 atom stereocenters. The van der Waals surface area contributed by atoms with Gasteiger partial charge in [-0.2, -0.15) is 0 Å². The summed E-state index contributed by atoms with van der Waals surface area (Å²) >= 11 is 0. The van der Waals surface area contributed by atoms with Crippen LogP contribution in [0.5, 0.6) is 11.5 Å². The molecule has 2 aliphatic carbocycles. The third-order valence-electron chi connectivity index (χ3n) is 8.46. The van der Waals surface area contributed by atoms with Crippen LogP contribution in [0.4, 0.5) is 0 Å². The SMILES string of the molecule is C=C(C)[C@@H]1CCC(C)=C[C@H]1c1c(O)cc(CCC)cc1OC(=O)C1(OP(=O)(O)OCCCCCCCCC)CCC1. The van der Waals surface area contributed by atoms with Gasteiger partial charge in [-0.3, -0.25) is 9.05 Å². The van der Waals surface area contributed by atoms with Gasteiger partial charge >= 0.3 is 13.8 Å². The Labute approximate surface area is 247 Å². The van der Waals surface area contributed by atoms with Crippen molar-refractivity contribution in [3.8, 4) is 11.5 Å². The number of aromatic hydroxyl groups is 1. The van der Waals surface area contributed by atoms with Gasteiger partial charge in [-0.1, -0.05) is 82.6 Å². The maximum Gasteiger partial charge on any atom is 0.473 e. The van der Waals surface area contributed by atoms with Crippen LogP contribution in [0.2, 0.25) is 0 Å². The van der Waals surface area contributed by atoms with E-state index in [-0.39, 0.29) is 42.8 Å². The van der Waals surface area contributed by atoms with E-state index >= 15 is 0 Å². The quantitative estimate of drug-likeness (QED) is 0.0613. The Hall–Kier alpha value is -1.92. The van der Waals surface area contributed by atoms with Gasteiger partial charge in [0.25, 0.3) is 0 Å². The maximum atomic E-state index is 13.6. The van der Waals surface area contributed by atoms with Crippen molar-refractivity contribution < 1.29 is 33.1 Å². The summed E-state index contributed by atoms with van der Waals surface area (Å²) in [6.07, 6.45) is 14.1. The first-order valence-corrected chi connectivity index (χ1v) is 17.1. The molecule has 0 spiro atoms. The highest BCUT2D eigenvalue weighted by Crippen LogP contribution is 2.54. The first-order chi connectivity index (χ1) is 19.5. The van der Waals surface area contributed by atoms with Gasteiger partial charge in [0.2, 0.25) is 0 Å². The second-order valence-electron chi connectivity index (χ2n) is 12.1. The number of phenols is 1. The summed E-state index contributed by atoms with van der Waals surface area (Å²) in [5.41, 5.74) is 2.06. The van der Waals surface area contributed by atoms with Crippen LogP contribution >= 0.6 is 7.82 Å². The fraction of sp³-hybridized carbons (Fsp3) is 0.667. The Balaban J connectivity index is 1.77. The highest BCUT2D eigenvalue weighted by Gasteiger charge is 2.52. The van der Waals surface area contributed by atoms with E-state index in [1.165, 1.54) is 24.8 Å². The zero-order valence-electron chi connectivity index (χ0n) is 25.6. The number of hydrogen-bond donors (Lipinski definition) is 2. The summed E-state index contributed by atoms with van der Waals surface area (Å²) < 4.78 is 29.7. The largest absolute Gasteiger partial charge is 0.507 e. The molecule has 0 radical (unpaired) electrons. The van der Waals surface area contributed by atoms with Crippen molar-refractivity contribution in [3.63, 3.8) is 0 Å². The molecule has 8 heteroatoms. The molecule has 1 unspecified atom stereocenters. The minimum atomic E-state index is -4.47. The molecule has 1 saturated carbocycles. The lowest BCUT2D eigenvalue weighted by atomic mass is 9.73. The van der Waals surface area contributed by atoms with Crippen LogP contribution in [0.1, 0.15) is 128 Å². The van der Waals surface area contributed by atoms with Crippen molar-refractivity contribution in [3.05, 3.63) is 47.1 Å². The Morgan fingerprint density at radius 2 is 1.78 bits per heavy atom. The van der Waals surface area contributed by atoms with Gasteiger partial charge in [0.05, 0.1) is 6.61 Å². The topological polar surface area (TPSA) is 102 Å². The molecule has 41 heavy (non-hydrogen) atoms. The minimum absolute atomic E-state index is 0.0791. The van der Waals surface area contributed by atoms with E-state index in [2.05, 4.69) is 26.5 Å². The molecular formula is C33H51O7P. The maximum absolute atomic E-state index is 13.6. The summed E-state index contributed by atoms with van der Waals surface area (Å²) in [7, 11) is -4.47. The Bertz CT molecular complexity index is 1120. The number of phosphoric acid groups is 1. The molecule has 0 aliphatic heterocycles. The number of rotatable bonds is 17. The number of carbonyl (C=O) groups is 1. The normalized spacial score (nSPS) is 21.4. The number of allylic oxidation sites excluding steroid dienone is 3. The molecule has 0 saturated heterocycles. The number of phenolic OH excluding ortho intramolecular Hbond substituents is 1. The van der Waals surface area contributed by atoms with Crippen molar-refractivity contribution in [2.45, 2.75) is 129 Å². The zero-order valence-corrected chi connectivity index (χ0v) is 26.5. The molecule has 0 aromatic heterocycles. The Kier molecular flexibility index (Phi) is 12.7. The first kappa shape index (κ1) is 33.6. The smallest absolute Gasteiger partial charge is 0.473 e. The molecule has 3 rings (SSSR count). The van der Waals surface area contributed by atoms with Crippen LogP contribution in [0.15, 0.2) is 35.9 Å². The molecule has 7 nitrogen and oxygen atoms in total. The van der Waals surface area contributed by atoms with Gasteiger partial charge in [0.15, 0.2) is 5.60 Å². The van der Waals surface area contributed by atoms with Gasteiger partial charge in [0.1, 0.15) is 11.5 Å². The number of hydrogen-bond acceptors (Lipinski definition) is 6. The fourth-order valence-corrected chi connectivity index (χ4v) is 7.05. The molecule has 1 aromatic rings. The van der Waals surface area contributed by atoms with Gasteiger partial charge in [-0.15, -0.1) is 0 Å². The first-order valence-electron chi connectivity index (χ1n) is 15.6. The summed E-state index contributed by atoms with van der Waals surface area (Å²) in [4.78, 5) is 24.1. The molecule has 1 fully saturated rings. The van der Waals surface area contributed by atoms with Crippen LogP contribution in [-0.2, 0) is 24.8 Å². The summed E-state index contributed by atoms with van der Waals surface area (Å²) in [6, 6.07) is 3.56. The van der Waals surface area contributed by atoms with Gasteiger partial charge < -0.3 is 14.7 Å². The van der Waals surface area contributed by atoms with Crippen LogP contribution < -0.4 is 4.74 Å². The van der Waals surface area contributed by atoms with E-state index in [1.54, 1.807) is 6.07 Å². The molecule has 0 bridgehead atoms. The molecule has 0 heterocycles. The standard InChI is InChI=1S/C33H51O7P/c1-6-8-9-10-11-12-13-20-38-41(36,37)40-33(18-14-19-33)32(35)39-30-23-26(15-7-2)22-29(34)31(30)28-21-25(5)16-17-27(28)24(3)4/h21-23,27-28,34H,3,6-20H2,1-2,4-5H3,(H,36,37)/t27-,28+/m0/s1. The molecule has 2 aliphatic rings. The fourth-order valence-electron chi connectivity index (χ4n) is 5.94. The van der Waals surface area contributed by atoms with Gasteiger partial charge in [0, 0.05) is 11.5 Å². The van der Waals surface area contributed by atoms with E-state index < -0.39 is 19.4 Å². The lowest BCUT2D eigenvalue weighted by Gasteiger charge is -2.39. The average Bonchev–Trinajstić information content (AvgIpc) is 2.87. The third-order valence-corrected chi connectivity index (χ3v) is 9.55. The number of carbonyl (C=O) groups excluding carboxylic acids is 1. The number of aryl methyl sites for hydroxylation is 1. The van der Waals surface area contributed by atoms with E-state index in [1.807, 2.05) is 19.9 Å². The van der Waals surface area contributed by atoms with Crippen LogP contribution in [-0.4, -0.2) is 28.2 Å². The number of benzene rings is 1. The number of esters is 1. The van der Waals surface area contributed by atoms with E-state index in [4.69, 9.17) is 13.8 Å². The predicted octanol–water partition coefficient (Wildman–Crippen LogP) is 9.07. The molecule has 2 N–H and O–H groups in total. The second kappa shape index (κ2) is 15.5. The van der Waals surface area contributed by atoms with Crippen molar-refractivity contribution in [2.75, 3.05) is 6.61 Å². The van der Waals surface area contributed by atoms with Crippen molar-refractivity contribution in [2.24, 2.45) is 5.92 Å². The molecule has 0 amide bonds. The summed E-state index contributed by atoms with van der Waals surface area (Å²) in [5, 5.41) is 11.2. The Morgan fingerprint density at radius 3 is 2.39 bits per heavy atom. The highest BCUT2D eigenvalue weighted by atomic mass is 31.2. The van der Waals surface area contributed by atoms with Crippen molar-refractivity contribution in [1.29, 1.82) is 0 Å². The lowest BCUT2D eigenvalue weighted by Crippen LogP contribution is -2.49. The minimum Gasteiger partial charge on any atom is -0.507 e. The van der Waals surface area contributed by atoms with Crippen LogP contribution in [0.25, 0.3) is 0 Å². The van der Waals surface area contributed by atoms with Crippen molar-refractivity contribution in [1.82, 2.24) is 0 Å². The van der Waals surface area contributed by atoms with Crippen LogP contribution in [0.3, 0.4) is 0 Å². The number of phosphoric ester groups is 1. The number of ether oxygens (including phenoxy) is 1. The van der Waals surface area contributed by atoms with Gasteiger partial charge in [-0.25, -0.2) is 9.36 Å². The van der Waals surface area contributed by atoms with Gasteiger partial charge in [-0.05, 0) is 82.4 Å². The van der Waals surface area contributed by atoms with Crippen LogP contribution in [0, 0.1) is 5.92 Å². The predicted molar refractivity (Wildman–Crippen MR) is 163 cm³/mol. The van der Waals surface area contributed by atoms with E-state index in [9.17, 15) is 19.4 Å². The Morgan fingerprint density at radius 1 is 1.10 bits per heavy atom. The molecular weight excluding hydrogens is 539 g/mol. The second-order valence-corrected chi connectivity index (χ2v) is 13.4. The molecule has 230 valence electrons. The van der Waals surface area contributed by atoms with Crippen molar-refractivity contribution >= 4 is 13.8 Å². The highest BCUT2D eigenvalue weighted by molar-refractivity contribution is 7.47. The van der Waals surface area contributed by atoms with E-state index in [0.29, 0.717) is 24.8 Å².